The summed E-state index contributed by atoms with van der Waals surface area (Å²) < 4.78 is 38.3. The summed E-state index contributed by atoms with van der Waals surface area (Å²) in [6.07, 6.45) is 1.56. The Kier molecular flexibility index (Phi) is 6.64. The van der Waals surface area contributed by atoms with Crippen molar-refractivity contribution < 1.29 is 52.4 Å². The third kappa shape index (κ3) is 4.36. The Morgan fingerprint density at radius 3 is 2.31 bits per heavy atom. The van der Waals surface area contributed by atoms with Crippen molar-refractivity contribution in [2.45, 2.75) is 24.7 Å². The molecule has 26 heavy (non-hydrogen) atoms. The summed E-state index contributed by atoms with van der Waals surface area (Å²) in [5.41, 5.74) is 1.18. The Labute approximate surface area is 172 Å². The van der Waals surface area contributed by atoms with Crippen molar-refractivity contribution in [3.8, 4) is 17.2 Å². The molecule has 132 valence electrons. The van der Waals surface area contributed by atoms with Gasteiger partial charge in [-0.15, -0.1) is 15.0 Å². The summed E-state index contributed by atoms with van der Waals surface area (Å²) in [7, 11) is -4.55. The van der Waals surface area contributed by atoms with E-state index in [9.17, 15) is 18.1 Å². The molecule has 0 radical (unpaired) electrons. The maximum absolute atomic E-state index is 11.7. The Hall–Kier alpha value is -1.65. The van der Waals surface area contributed by atoms with Crippen LogP contribution < -0.4 is 34.3 Å². The topological polar surface area (TPSA) is 115 Å². The fourth-order valence-electron chi connectivity index (χ4n) is 2.31. The maximum atomic E-state index is 11.7. The van der Waals surface area contributed by atoms with E-state index in [0.717, 1.165) is 23.4 Å². The van der Waals surface area contributed by atoms with E-state index in [-0.39, 0.29) is 53.4 Å². The van der Waals surface area contributed by atoms with Crippen molar-refractivity contribution in [2.24, 2.45) is 0 Å². The minimum atomic E-state index is -4.55. The van der Waals surface area contributed by atoms with Gasteiger partial charge in [0.05, 0.1) is 6.61 Å². The van der Waals surface area contributed by atoms with E-state index >= 15 is 0 Å². The minimum absolute atomic E-state index is 0. The number of nitrogens with zero attached hydrogens (tertiary/aromatic N) is 3. The van der Waals surface area contributed by atoms with Gasteiger partial charge in [0.1, 0.15) is 33.1 Å². The first kappa shape index (κ1) is 20.7. The van der Waals surface area contributed by atoms with Crippen LogP contribution >= 0.6 is 0 Å². The van der Waals surface area contributed by atoms with E-state index in [0.29, 0.717) is 17.5 Å². The molecule has 0 unspecified atom stereocenters. The van der Waals surface area contributed by atoms with Crippen molar-refractivity contribution in [2.75, 3.05) is 6.61 Å². The number of ether oxygens (including phenoxy) is 1. The summed E-state index contributed by atoms with van der Waals surface area (Å²) in [6.45, 7) is 2.23. The summed E-state index contributed by atoms with van der Waals surface area (Å²) >= 11 is 0. The molecular formula is C16H17N3NaO5S+. The Balaban J connectivity index is 0.00000243. The Bertz CT molecular complexity index is 987. The van der Waals surface area contributed by atoms with E-state index < -0.39 is 15.0 Å². The summed E-state index contributed by atoms with van der Waals surface area (Å²) in [6, 6.07) is 9.28. The van der Waals surface area contributed by atoms with Crippen molar-refractivity contribution in [1.29, 1.82) is 0 Å². The zero-order valence-electron chi connectivity index (χ0n) is 14.5. The second-order valence-electron chi connectivity index (χ2n) is 5.44. The van der Waals surface area contributed by atoms with Gasteiger partial charge in [-0.25, -0.2) is 0 Å². The van der Waals surface area contributed by atoms with Crippen molar-refractivity contribution in [3.63, 3.8) is 0 Å². The molecule has 10 heteroatoms. The largest absolute Gasteiger partial charge is 1.00 e. The maximum Gasteiger partial charge on any atom is 1.00 e. The van der Waals surface area contributed by atoms with Gasteiger partial charge in [-0.05, 0) is 24.6 Å². The quantitative estimate of drug-likeness (QED) is 0.335. The van der Waals surface area contributed by atoms with Crippen LogP contribution in [0, 0.1) is 0 Å². The van der Waals surface area contributed by atoms with Crippen LogP contribution in [0.5, 0.6) is 11.5 Å². The van der Waals surface area contributed by atoms with Gasteiger partial charge in [0.2, 0.25) is 0 Å². The molecule has 0 saturated carbocycles. The van der Waals surface area contributed by atoms with Gasteiger partial charge in [0.25, 0.3) is 10.1 Å². The number of fused-ring (bicyclic) bond motifs is 1. The zero-order chi connectivity index (χ0) is 18.0. The number of phenols is 1. The molecule has 0 spiro atoms. The molecule has 0 amide bonds. The number of phenolic OH excluding ortho intramolecular Hbond substituents is 1. The summed E-state index contributed by atoms with van der Waals surface area (Å²) in [4.78, 5) is 0.669. The molecule has 3 rings (SSSR count). The standard InChI is InChI=1S/C16H17N3O5S.Na/c1-2-3-8-24-15-10-14(20)13(9-16(15)25(21,22)23)19-17-11-6-4-5-7-12(11)18-19;/h4-7,9-10,20H,2-3,8H2,1H3,(H,21,22,23);/q;+1. The monoisotopic (exact) mass is 386 g/mol. The fourth-order valence-corrected chi connectivity index (χ4v) is 2.94. The number of hydrogen-bond donors (Lipinski definition) is 2. The first-order valence-electron chi connectivity index (χ1n) is 7.70. The zero-order valence-corrected chi connectivity index (χ0v) is 17.3. The van der Waals surface area contributed by atoms with Crippen LogP contribution in [-0.4, -0.2) is 39.7 Å². The average Bonchev–Trinajstić information content (AvgIpc) is 2.97. The Morgan fingerprint density at radius 1 is 1.15 bits per heavy atom. The summed E-state index contributed by atoms with van der Waals surface area (Å²) in [5, 5.41) is 18.7. The van der Waals surface area contributed by atoms with Gasteiger partial charge in [-0.2, -0.15) is 8.42 Å². The number of benzene rings is 2. The molecule has 2 N–H and O–H groups in total. The molecule has 0 aliphatic rings. The van der Waals surface area contributed by atoms with E-state index in [4.69, 9.17) is 4.74 Å². The number of rotatable bonds is 6. The van der Waals surface area contributed by atoms with Crippen molar-refractivity contribution in [1.82, 2.24) is 15.0 Å². The molecule has 1 heterocycles. The van der Waals surface area contributed by atoms with E-state index in [1.54, 1.807) is 24.3 Å². The van der Waals surface area contributed by atoms with Gasteiger partial charge in [-0.1, -0.05) is 25.5 Å². The normalized spacial score (nSPS) is 11.3. The van der Waals surface area contributed by atoms with Crippen LogP contribution in [0.15, 0.2) is 41.3 Å². The van der Waals surface area contributed by atoms with E-state index in [1.165, 1.54) is 0 Å². The smallest absolute Gasteiger partial charge is 0.505 e. The summed E-state index contributed by atoms with van der Waals surface area (Å²) in [5.74, 6) is -0.381. The molecule has 0 bridgehead atoms. The first-order chi connectivity index (χ1) is 11.9. The van der Waals surface area contributed by atoms with E-state index in [1.807, 2.05) is 6.92 Å². The van der Waals surface area contributed by atoms with Crippen LogP contribution in [0.1, 0.15) is 19.8 Å². The number of unbranched alkanes of at least 4 members (excludes halogenated alkanes) is 1. The van der Waals surface area contributed by atoms with Gasteiger partial charge in [-0.3, -0.25) is 4.55 Å². The molecule has 8 nitrogen and oxygen atoms in total. The molecule has 0 aliphatic carbocycles. The minimum Gasteiger partial charge on any atom is -0.505 e. The molecular weight excluding hydrogens is 369 g/mol. The number of aromatic hydroxyl groups is 1. The third-order valence-corrected chi connectivity index (χ3v) is 4.45. The van der Waals surface area contributed by atoms with Gasteiger partial charge < -0.3 is 9.84 Å². The van der Waals surface area contributed by atoms with Crippen LogP contribution in [-0.2, 0) is 10.1 Å². The van der Waals surface area contributed by atoms with Crippen molar-refractivity contribution >= 4 is 21.2 Å². The van der Waals surface area contributed by atoms with Gasteiger partial charge >= 0.3 is 29.6 Å². The molecule has 2 aromatic carbocycles. The van der Waals surface area contributed by atoms with Crippen LogP contribution in [0.2, 0.25) is 0 Å². The second kappa shape index (κ2) is 8.36. The molecule has 0 saturated heterocycles. The first-order valence-corrected chi connectivity index (χ1v) is 9.14. The Morgan fingerprint density at radius 2 is 1.77 bits per heavy atom. The average molecular weight is 386 g/mol. The second-order valence-corrected chi connectivity index (χ2v) is 6.83. The molecule has 0 atom stereocenters. The van der Waals surface area contributed by atoms with Crippen LogP contribution in [0.4, 0.5) is 0 Å². The predicted molar refractivity (Wildman–Crippen MR) is 90.7 cm³/mol. The van der Waals surface area contributed by atoms with E-state index in [2.05, 4.69) is 10.2 Å². The van der Waals surface area contributed by atoms with Crippen molar-refractivity contribution in [3.05, 3.63) is 36.4 Å². The predicted octanol–water partition coefficient (Wildman–Crippen LogP) is -0.444. The van der Waals surface area contributed by atoms with Gasteiger partial charge in [0, 0.05) is 6.07 Å². The van der Waals surface area contributed by atoms with Crippen LogP contribution in [0.3, 0.4) is 0 Å². The molecule has 0 fully saturated rings. The van der Waals surface area contributed by atoms with Gasteiger partial charge in [0.15, 0.2) is 0 Å². The number of hydrogen-bond acceptors (Lipinski definition) is 6. The molecule has 0 aliphatic heterocycles. The number of aromatic nitrogens is 3. The molecule has 1 aromatic heterocycles. The molecule has 3 aromatic rings. The SMILES string of the molecule is CCCCOc1cc(O)c(-n2nc3ccccc3n2)cc1S(=O)(=O)O.[Na+]. The fraction of sp³-hybridized carbons (Fsp3) is 0.250. The third-order valence-electron chi connectivity index (χ3n) is 3.58. The van der Waals surface area contributed by atoms with Crippen LogP contribution in [0.25, 0.3) is 16.7 Å².